The van der Waals surface area contributed by atoms with Gasteiger partial charge in [0.2, 0.25) is 5.91 Å². The molecule has 0 bridgehead atoms. The van der Waals surface area contributed by atoms with Gasteiger partial charge in [-0.15, -0.1) is 0 Å². The summed E-state index contributed by atoms with van der Waals surface area (Å²) in [6, 6.07) is 7.63. The molecule has 3 heteroatoms. The van der Waals surface area contributed by atoms with Crippen molar-refractivity contribution in [3.05, 3.63) is 29.8 Å². The molecule has 0 spiro atoms. The van der Waals surface area contributed by atoms with Gasteiger partial charge in [-0.25, -0.2) is 0 Å². The van der Waals surface area contributed by atoms with Crippen LogP contribution >= 0.6 is 0 Å². The van der Waals surface area contributed by atoms with E-state index in [1.165, 1.54) is 0 Å². The maximum absolute atomic E-state index is 11.8. The van der Waals surface area contributed by atoms with E-state index in [9.17, 15) is 4.79 Å². The van der Waals surface area contributed by atoms with Crippen LogP contribution in [0.15, 0.2) is 24.3 Å². The number of aliphatic hydroxyl groups excluding tert-OH is 1. The number of nitrogens with one attached hydrogen (secondary N) is 1. The molecule has 1 unspecified atom stereocenters. The second-order valence-corrected chi connectivity index (χ2v) is 4.39. The van der Waals surface area contributed by atoms with Crippen LogP contribution in [0.1, 0.15) is 19.4 Å². The number of anilines is 1. The van der Waals surface area contributed by atoms with Crippen LogP contribution < -0.4 is 5.32 Å². The van der Waals surface area contributed by atoms with Crippen molar-refractivity contribution in [1.82, 2.24) is 0 Å². The molecule has 2 N–H and O–H groups in total. The van der Waals surface area contributed by atoms with Crippen LogP contribution in [0.4, 0.5) is 5.69 Å². The first-order valence-corrected chi connectivity index (χ1v) is 5.53. The maximum atomic E-state index is 11.8. The van der Waals surface area contributed by atoms with Crippen molar-refractivity contribution in [2.45, 2.75) is 20.8 Å². The van der Waals surface area contributed by atoms with Crippen molar-refractivity contribution in [1.29, 1.82) is 0 Å². The summed E-state index contributed by atoms with van der Waals surface area (Å²) in [5.74, 6) is -0.335. The molecule has 1 aromatic rings. The SMILES string of the molecule is Cc1cccc(NC(=O)C(CO)C(C)C)c1. The fourth-order valence-corrected chi connectivity index (χ4v) is 1.55. The predicted octanol–water partition coefficient (Wildman–Crippen LogP) is 2.20. The van der Waals surface area contributed by atoms with Crippen LogP contribution in [0.3, 0.4) is 0 Å². The molecule has 16 heavy (non-hydrogen) atoms. The fourth-order valence-electron chi connectivity index (χ4n) is 1.55. The Morgan fingerprint density at radius 1 is 1.44 bits per heavy atom. The molecular formula is C13H19NO2. The highest BCUT2D eigenvalue weighted by molar-refractivity contribution is 5.92. The van der Waals surface area contributed by atoms with Crippen LogP contribution in [0, 0.1) is 18.8 Å². The van der Waals surface area contributed by atoms with Gasteiger partial charge in [-0.1, -0.05) is 26.0 Å². The van der Waals surface area contributed by atoms with Crippen molar-refractivity contribution in [2.75, 3.05) is 11.9 Å². The minimum absolute atomic E-state index is 0.116. The number of aliphatic hydroxyl groups is 1. The molecule has 0 aliphatic rings. The van der Waals surface area contributed by atoms with Gasteiger partial charge in [0.1, 0.15) is 0 Å². The number of aryl methyl sites for hydroxylation is 1. The number of hydrogen-bond donors (Lipinski definition) is 2. The summed E-state index contributed by atoms with van der Waals surface area (Å²) in [4.78, 5) is 11.8. The Morgan fingerprint density at radius 3 is 2.62 bits per heavy atom. The first kappa shape index (κ1) is 12.7. The molecule has 1 atom stereocenters. The van der Waals surface area contributed by atoms with Gasteiger partial charge < -0.3 is 10.4 Å². The van der Waals surface area contributed by atoms with Crippen LogP contribution in [0.2, 0.25) is 0 Å². The number of carbonyl (C=O) groups is 1. The normalized spacial score (nSPS) is 12.6. The summed E-state index contributed by atoms with van der Waals surface area (Å²) in [5, 5.41) is 12.0. The van der Waals surface area contributed by atoms with E-state index in [1.54, 1.807) is 0 Å². The third-order valence-electron chi connectivity index (χ3n) is 2.62. The van der Waals surface area contributed by atoms with E-state index in [1.807, 2.05) is 45.0 Å². The largest absolute Gasteiger partial charge is 0.396 e. The van der Waals surface area contributed by atoms with Gasteiger partial charge in [-0.05, 0) is 30.5 Å². The van der Waals surface area contributed by atoms with E-state index in [-0.39, 0.29) is 24.3 Å². The van der Waals surface area contributed by atoms with Crippen molar-refractivity contribution >= 4 is 11.6 Å². The lowest BCUT2D eigenvalue weighted by atomic mass is 9.96. The summed E-state index contributed by atoms with van der Waals surface area (Å²) in [7, 11) is 0. The average molecular weight is 221 g/mol. The lowest BCUT2D eigenvalue weighted by Gasteiger charge is -2.17. The van der Waals surface area contributed by atoms with E-state index >= 15 is 0 Å². The number of rotatable bonds is 4. The van der Waals surface area contributed by atoms with Crippen LogP contribution in [-0.4, -0.2) is 17.6 Å². The van der Waals surface area contributed by atoms with Crippen molar-refractivity contribution in [2.24, 2.45) is 11.8 Å². The molecule has 0 fully saturated rings. The summed E-state index contributed by atoms with van der Waals surface area (Å²) in [5.41, 5.74) is 1.88. The van der Waals surface area contributed by atoms with Crippen molar-refractivity contribution in [3.63, 3.8) is 0 Å². The lowest BCUT2D eigenvalue weighted by Crippen LogP contribution is -2.29. The van der Waals surface area contributed by atoms with E-state index in [4.69, 9.17) is 5.11 Å². The number of hydrogen-bond acceptors (Lipinski definition) is 2. The monoisotopic (exact) mass is 221 g/mol. The molecule has 0 radical (unpaired) electrons. The molecule has 88 valence electrons. The lowest BCUT2D eigenvalue weighted by molar-refractivity contribution is -0.122. The van der Waals surface area contributed by atoms with E-state index in [0.717, 1.165) is 11.3 Å². The molecule has 1 aromatic carbocycles. The minimum Gasteiger partial charge on any atom is -0.396 e. The second-order valence-electron chi connectivity index (χ2n) is 4.39. The standard InChI is InChI=1S/C13H19NO2/c1-9(2)12(8-15)13(16)14-11-6-4-5-10(3)7-11/h4-7,9,12,15H,8H2,1-3H3,(H,14,16). The quantitative estimate of drug-likeness (QED) is 0.819. The molecule has 0 saturated carbocycles. The van der Waals surface area contributed by atoms with E-state index in [0.29, 0.717) is 0 Å². The molecule has 0 aliphatic heterocycles. The van der Waals surface area contributed by atoms with E-state index in [2.05, 4.69) is 5.32 Å². The molecule has 0 heterocycles. The zero-order valence-corrected chi connectivity index (χ0v) is 10.0. The Bertz CT molecular complexity index is 361. The van der Waals surface area contributed by atoms with Crippen LogP contribution in [-0.2, 0) is 4.79 Å². The zero-order chi connectivity index (χ0) is 12.1. The van der Waals surface area contributed by atoms with Gasteiger partial charge in [0.05, 0.1) is 12.5 Å². The highest BCUT2D eigenvalue weighted by Crippen LogP contribution is 2.15. The van der Waals surface area contributed by atoms with Gasteiger partial charge in [0.25, 0.3) is 0 Å². The third kappa shape index (κ3) is 3.35. The Hall–Kier alpha value is -1.35. The van der Waals surface area contributed by atoms with Crippen LogP contribution in [0.5, 0.6) is 0 Å². The Labute approximate surface area is 96.5 Å². The van der Waals surface area contributed by atoms with Gasteiger partial charge in [0.15, 0.2) is 0 Å². The molecule has 1 rings (SSSR count). The fraction of sp³-hybridized carbons (Fsp3) is 0.462. The smallest absolute Gasteiger partial charge is 0.230 e. The Balaban J connectivity index is 2.70. The molecule has 0 aliphatic carbocycles. The Morgan fingerprint density at radius 2 is 2.12 bits per heavy atom. The first-order chi connectivity index (χ1) is 7.54. The van der Waals surface area contributed by atoms with Gasteiger partial charge >= 0.3 is 0 Å². The summed E-state index contributed by atoms with van der Waals surface area (Å²) in [6.07, 6.45) is 0. The zero-order valence-electron chi connectivity index (χ0n) is 10.0. The Kier molecular flexibility index (Phi) is 4.50. The molecule has 3 nitrogen and oxygen atoms in total. The maximum Gasteiger partial charge on any atom is 0.230 e. The first-order valence-electron chi connectivity index (χ1n) is 5.53. The number of carbonyl (C=O) groups excluding carboxylic acids is 1. The molecule has 0 aromatic heterocycles. The van der Waals surface area contributed by atoms with Crippen molar-refractivity contribution < 1.29 is 9.90 Å². The van der Waals surface area contributed by atoms with E-state index < -0.39 is 0 Å². The molecule has 1 amide bonds. The molecule has 0 saturated heterocycles. The molecular weight excluding hydrogens is 202 g/mol. The topological polar surface area (TPSA) is 49.3 Å². The summed E-state index contributed by atoms with van der Waals surface area (Å²) < 4.78 is 0. The highest BCUT2D eigenvalue weighted by atomic mass is 16.3. The van der Waals surface area contributed by atoms with Gasteiger partial charge in [-0.2, -0.15) is 0 Å². The number of amides is 1. The minimum atomic E-state index is -0.347. The predicted molar refractivity (Wildman–Crippen MR) is 65.2 cm³/mol. The summed E-state index contributed by atoms with van der Waals surface area (Å²) in [6.45, 7) is 5.71. The highest BCUT2D eigenvalue weighted by Gasteiger charge is 2.21. The van der Waals surface area contributed by atoms with Crippen molar-refractivity contribution in [3.8, 4) is 0 Å². The average Bonchev–Trinajstić information content (AvgIpc) is 2.17. The second kappa shape index (κ2) is 5.66. The van der Waals surface area contributed by atoms with Gasteiger partial charge in [-0.3, -0.25) is 4.79 Å². The number of benzene rings is 1. The van der Waals surface area contributed by atoms with Gasteiger partial charge in [0, 0.05) is 5.69 Å². The van der Waals surface area contributed by atoms with Crippen LogP contribution in [0.25, 0.3) is 0 Å². The summed E-state index contributed by atoms with van der Waals surface area (Å²) >= 11 is 0. The third-order valence-corrected chi connectivity index (χ3v) is 2.62.